The molecule has 4 aromatic carbocycles. The number of carboxylic acid groups (broad SMARTS) is 2. The van der Waals surface area contributed by atoms with Crippen molar-refractivity contribution in [3.8, 4) is 5.75 Å². The van der Waals surface area contributed by atoms with Gasteiger partial charge in [-0.3, -0.25) is 52.7 Å². The standard InChI is InChI=1S/C65H87N11O15S/c1-7-38(4)55(76-63(88)50(34-43-23-25-44(77)26-24-43)71-57(82)45(66)29-30-92-6)64(89)68-39(5)56(81)70-48(32-40-17-11-8-12-18-40)60(85)73-49(33-41-19-13-9-14-20-41)61(86)72-47(31-37(2)3)59(84)69-46(27-28-54(79)80)58(83)74-51(36-53(67)78)62(87)75-52(65(90)91)35-42-21-15-10-16-22-42/h8-26,37-39,45-52,55,77H,7,27-36,66H2,1-6H3,(H2,67,78)(H,68,89)(H,69,84)(H,70,81)(H,71,82)(H,72,86)(H,73,85)(H,74,83)(H,75,87)(H,76,88)(H,79,80)(H,90,91)/t38-,39-,45-,46-,47-,48-,49-,50-,51-,52-,55-/m0/s1. The van der Waals surface area contributed by atoms with Crippen molar-refractivity contribution in [3.05, 3.63) is 138 Å². The average molecular weight is 1290 g/mol. The Kier molecular flexibility index (Phi) is 31.3. The quantitative estimate of drug-likeness (QED) is 0.0297. The second-order valence-electron chi connectivity index (χ2n) is 22.9. The molecule has 4 rings (SSSR count). The Labute approximate surface area is 539 Å². The van der Waals surface area contributed by atoms with Crippen molar-refractivity contribution in [3.63, 3.8) is 0 Å². The summed E-state index contributed by atoms with van der Waals surface area (Å²) < 4.78 is 0. The molecule has 11 atom stereocenters. The number of primary amides is 1. The second kappa shape index (κ2) is 38.4. The van der Waals surface area contributed by atoms with E-state index in [2.05, 4.69) is 47.9 Å². The van der Waals surface area contributed by atoms with Gasteiger partial charge in [0, 0.05) is 32.1 Å². The first-order chi connectivity index (χ1) is 43.7. The van der Waals surface area contributed by atoms with Crippen LogP contribution in [-0.2, 0) is 83.2 Å². The highest BCUT2D eigenvalue weighted by atomic mass is 32.2. The zero-order chi connectivity index (χ0) is 68.0. The summed E-state index contributed by atoms with van der Waals surface area (Å²) in [5, 5.41) is 52.8. The van der Waals surface area contributed by atoms with E-state index in [1.54, 1.807) is 131 Å². The summed E-state index contributed by atoms with van der Waals surface area (Å²) in [6.45, 7) is 8.33. The van der Waals surface area contributed by atoms with Crippen LogP contribution in [0.15, 0.2) is 115 Å². The van der Waals surface area contributed by atoms with Gasteiger partial charge in [0.15, 0.2) is 0 Å². The Morgan fingerprint density at radius 3 is 1.30 bits per heavy atom. The van der Waals surface area contributed by atoms with Gasteiger partial charge in [0.25, 0.3) is 0 Å². The van der Waals surface area contributed by atoms with Gasteiger partial charge in [0.2, 0.25) is 59.1 Å². The number of nitrogens with one attached hydrogen (secondary N) is 9. The maximum Gasteiger partial charge on any atom is 0.326 e. The van der Waals surface area contributed by atoms with Crippen molar-refractivity contribution in [1.29, 1.82) is 0 Å². The summed E-state index contributed by atoms with van der Waals surface area (Å²) in [7, 11) is 0. The third-order valence-electron chi connectivity index (χ3n) is 14.9. The minimum Gasteiger partial charge on any atom is -0.508 e. The zero-order valence-electron chi connectivity index (χ0n) is 52.5. The van der Waals surface area contributed by atoms with Crippen LogP contribution in [-0.4, -0.2) is 159 Å². The van der Waals surface area contributed by atoms with Crippen LogP contribution in [0.2, 0.25) is 0 Å². The van der Waals surface area contributed by atoms with E-state index >= 15 is 0 Å². The van der Waals surface area contributed by atoms with Crippen LogP contribution in [0.3, 0.4) is 0 Å². The van der Waals surface area contributed by atoms with Crippen molar-refractivity contribution < 1.29 is 72.9 Å². The molecule has 0 aliphatic heterocycles. The van der Waals surface area contributed by atoms with Gasteiger partial charge in [-0.05, 0) is 84.4 Å². The van der Waals surface area contributed by atoms with E-state index in [4.69, 9.17) is 11.5 Å². The molecule has 26 nitrogen and oxygen atoms in total. The Morgan fingerprint density at radius 1 is 0.457 bits per heavy atom. The Morgan fingerprint density at radius 2 is 0.848 bits per heavy atom. The van der Waals surface area contributed by atoms with Crippen LogP contribution in [0, 0.1) is 11.8 Å². The number of carbonyl (C=O) groups excluding carboxylic acids is 10. The molecule has 0 spiro atoms. The molecule has 0 bridgehead atoms. The third kappa shape index (κ3) is 26.2. The SMILES string of the molecule is CC[C@H](C)[C@H](NC(=O)[C@H](Cc1ccc(O)cc1)NC(=O)[C@@H](N)CCSC)C(=O)N[C@@H](C)C(=O)N[C@@H](Cc1ccccc1)C(=O)N[C@@H](Cc1ccccc1)C(=O)N[C@@H](CC(C)C)C(=O)N[C@@H](CCC(=O)O)C(=O)N[C@@H](CC(N)=O)C(=O)N[C@@H](Cc1ccccc1)C(=O)O. The molecule has 0 radical (unpaired) electrons. The van der Waals surface area contributed by atoms with Crippen molar-refractivity contribution in [2.45, 2.75) is 159 Å². The predicted octanol–water partition coefficient (Wildman–Crippen LogP) is 1.04. The highest BCUT2D eigenvalue weighted by Crippen LogP contribution is 2.16. The van der Waals surface area contributed by atoms with Gasteiger partial charge in [-0.25, -0.2) is 4.79 Å². The van der Waals surface area contributed by atoms with Gasteiger partial charge in [-0.15, -0.1) is 0 Å². The van der Waals surface area contributed by atoms with Crippen molar-refractivity contribution in [1.82, 2.24) is 47.9 Å². The minimum atomic E-state index is -1.79. The normalized spacial score (nSPS) is 14.7. The lowest BCUT2D eigenvalue weighted by molar-refractivity contribution is -0.142. The number of thioether (sulfide) groups is 1. The van der Waals surface area contributed by atoms with E-state index < -0.39 is 157 Å². The molecule has 92 heavy (non-hydrogen) atoms. The monoisotopic (exact) mass is 1290 g/mol. The van der Waals surface area contributed by atoms with Gasteiger partial charge >= 0.3 is 11.9 Å². The predicted molar refractivity (Wildman–Crippen MR) is 344 cm³/mol. The summed E-state index contributed by atoms with van der Waals surface area (Å²) in [5.41, 5.74) is 13.8. The number of phenols is 1. The molecule has 0 heterocycles. The van der Waals surface area contributed by atoms with Gasteiger partial charge in [-0.1, -0.05) is 137 Å². The molecule has 4 aromatic rings. The molecule has 498 valence electrons. The summed E-state index contributed by atoms with van der Waals surface area (Å²) >= 11 is 1.49. The summed E-state index contributed by atoms with van der Waals surface area (Å²) in [5.74, 6) is -12.1. The van der Waals surface area contributed by atoms with Crippen LogP contribution >= 0.6 is 11.8 Å². The van der Waals surface area contributed by atoms with E-state index in [9.17, 15) is 72.9 Å². The number of amides is 10. The highest BCUT2D eigenvalue weighted by molar-refractivity contribution is 7.98. The first kappa shape index (κ1) is 75.1. The molecule has 16 N–H and O–H groups in total. The Bertz CT molecular complexity index is 3130. The lowest BCUT2D eigenvalue weighted by atomic mass is 9.96. The first-order valence-corrected chi connectivity index (χ1v) is 31.7. The number of carboxylic acids is 2. The highest BCUT2D eigenvalue weighted by Gasteiger charge is 2.37. The molecule has 0 fully saturated rings. The molecular weight excluding hydrogens is 1210 g/mol. The van der Waals surface area contributed by atoms with Gasteiger partial charge in [0.1, 0.15) is 60.1 Å². The van der Waals surface area contributed by atoms with Crippen LogP contribution in [0.4, 0.5) is 0 Å². The molecule has 27 heteroatoms. The molecular formula is C65H87N11O15S. The van der Waals surface area contributed by atoms with E-state index in [-0.39, 0.29) is 43.8 Å². The second-order valence-corrected chi connectivity index (χ2v) is 23.9. The minimum absolute atomic E-state index is 0.0167. The largest absolute Gasteiger partial charge is 0.508 e. The molecule has 0 aromatic heterocycles. The molecule has 0 saturated heterocycles. The molecule has 10 amide bonds. The number of aliphatic carboxylic acids is 2. The van der Waals surface area contributed by atoms with Gasteiger partial charge in [0.05, 0.1) is 12.5 Å². The van der Waals surface area contributed by atoms with Crippen LogP contribution in [0.1, 0.15) is 95.4 Å². The fraction of sp³-hybridized carbons (Fsp3) is 0.446. The first-order valence-electron chi connectivity index (χ1n) is 30.3. The average Bonchev–Trinajstić information content (AvgIpc) is 1.05. The van der Waals surface area contributed by atoms with Crippen LogP contribution < -0.4 is 59.3 Å². The topological polar surface area (TPSA) is 426 Å². The van der Waals surface area contributed by atoms with Crippen LogP contribution in [0.5, 0.6) is 5.75 Å². The van der Waals surface area contributed by atoms with Gasteiger partial charge < -0.3 is 74.6 Å². The van der Waals surface area contributed by atoms with Gasteiger partial charge in [-0.2, -0.15) is 11.8 Å². The zero-order valence-corrected chi connectivity index (χ0v) is 53.3. The lowest BCUT2D eigenvalue weighted by Gasteiger charge is -2.29. The number of benzene rings is 4. The maximum absolute atomic E-state index is 14.7. The van der Waals surface area contributed by atoms with E-state index in [1.807, 2.05) is 6.26 Å². The number of nitrogens with two attached hydrogens (primary N) is 2. The summed E-state index contributed by atoms with van der Waals surface area (Å²) in [6.07, 6.45) is -0.108. The maximum atomic E-state index is 14.7. The molecule has 0 unspecified atom stereocenters. The molecule has 0 saturated carbocycles. The Hall–Kier alpha value is -9.37. The fourth-order valence-corrected chi connectivity index (χ4v) is 10.0. The van der Waals surface area contributed by atoms with Crippen molar-refractivity contribution >= 4 is 82.8 Å². The number of carbonyl (C=O) groups is 12. The number of rotatable bonds is 39. The number of phenolic OH excluding ortho intramolecular Hbond substituents is 1. The van der Waals surface area contributed by atoms with Crippen molar-refractivity contribution in [2.75, 3.05) is 12.0 Å². The fourth-order valence-electron chi connectivity index (χ4n) is 9.53. The number of hydrogen-bond acceptors (Lipinski definition) is 15. The molecule has 0 aliphatic rings. The van der Waals surface area contributed by atoms with E-state index in [0.717, 1.165) is 0 Å². The molecule has 0 aliphatic carbocycles. The smallest absolute Gasteiger partial charge is 0.326 e. The summed E-state index contributed by atoms with van der Waals surface area (Å²) in [4.78, 5) is 164. The number of hydrogen-bond donors (Lipinski definition) is 14. The van der Waals surface area contributed by atoms with E-state index in [0.29, 0.717) is 40.8 Å². The Balaban J connectivity index is 1.60. The lowest BCUT2D eigenvalue weighted by Crippen LogP contribution is -2.61. The third-order valence-corrected chi connectivity index (χ3v) is 15.6. The van der Waals surface area contributed by atoms with Crippen LogP contribution in [0.25, 0.3) is 0 Å². The number of aromatic hydroxyl groups is 1. The summed E-state index contributed by atoms with van der Waals surface area (Å²) in [6, 6.07) is 17.2. The van der Waals surface area contributed by atoms with E-state index in [1.165, 1.54) is 30.8 Å². The van der Waals surface area contributed by atoms with Crippen molar-refractivity contribution in [2.24, 2.45) is 23.3 Å².